The van der Waals surface area contributed by atoms with Gasteiger partial charge in [0.1, 0.15) is 6.10 Å². The number of hydrogen-bond acceptors (Lipinski definition) is 4. The Balaban J connectivity index is 1.60. The predicted molar refractivity (Wildman–Crippen MR) is 105 cm³/mol. The van der Waals surface area contributed by atoms with Crippen molar-refractivity contribution in [2.24, 2.45) is 0 Å². The van der Waals surface area contributed by atoms with Crippen LogP contribution in [0.1, 0.15) is 48.8 Å². The number of carbonyl (C=O) groups is 1. The maximum atomic E-state index is 12.7. The van der Waals surface area contributed by atoms with Crippen LogP contribution in [-0.4, -0.2) is 36.3 Å². The van der Waals surface area contributed by atoms with Crippen LogP contribution in [0.2, 0.25) is 0 Å². The highest BCUT2D eigenvalue weighted by Crippen LogP contribution is 2.22. The van der Waals surface area contributed by atoms with Crippen LogP contribution < -0.4 is 5.32 Å². The van der Waals surface area contributed by atoms with Gasteiger partial charge in [-0.3, -0.25) is 9.78 Å². The third-order valence-electron chi connectivity index (χ3n) is 4.81. The van der Waals surface area contributed by atoms with Crippen molar-refractivity contribution in [2.45, 2.75) is 51.4 Å². The highest BCUT2D eigenvalue weighted by Gasteiger charge is 2.28. The molecule has 2 atom stereocenters. The Morgan fingerprint density at radius 2 is 2.00 bits per heavy atom. The second-order valence-electron chi connectivity index (χ2n) is 7.94. The van der Waals surface area contributed by atoms with Gasteiger partial charge in [0.2, 0.25) is 0 Å². The molecule has 0 saturated carbocycles. The van der Waals surface area contributed by atoms with Crippen molar-refractivity contribution in [1.82, 2.24) is 10.3 Å². The minimum Gasteiger partial charge on any atom is -0.379 e. The Kier molecular flexibility index (Phi) is 6.24. The quantitative estimate of drug-likeness (QED) is 0.878. The molecule has 0 spiro atoms. The molecule has 1 N–H and O–H groups in total. The second-order valence-corrected chi connectivity index (χ2v) is 7.94. The lowest BCUT2D eigenvalue weighted by Crippen LogP contribution is -2.50. The van der Waals surface area contributed by atoms with Crippen molar-refractivity contribution in [2.75, 3.05) is 13.2 Å². The van der Waals surface area contributed by atoms with Crippen LogP contribution in [0.5, 0.6) is 0 Å². The van der Waals surface area contributed by atoms with Crippen LogP contribution in [0, 0.1) is 0 Å². The van der Waals surface area contributed by atoms with E-state index >= 15 is 0 Å². The Hall–Kier alpha value is -2.24. The molecule has 0 bridgehead atoms. The predicted octanol–water partition coefficient (Wildman–Crippen LogP) is 3.48. The summed E-state index contributed by atoms with van der Waals surface area (Å²) in [4.78, 5) is 16.9. The smallest absolute Gasteiger partial charge is 0.251 e. The zero-order valence-electron chi connectivity index (χ0n) is 16.3. The molecule has 1 aromatic heterocycles. The molecule has 5 heteroatoms. The van der Waals surface area contributed by atoms with Crippen LogP contribution in [0.25, 0.3) is 0 Å². The van der Waals surface area contributed by atoms with Crippen molar-refractivity contribution in [1.29, 1.82) is 0 Å². The molecule has 0 unspecified atom stereocenters. The maximum Gasteiger partial charge on any atom is 0.251 e. The summed E-state index contributed by atoms with van der Waals surface area (Å²) in [7, 11) is 0. The van der Waals surface area contributed by atoms with E-state index in [4.69, 9.17) is 9.47 Å². The molecule has 27 heavy (non-hydrogen) atoms. The molecule has 3 rings (SSSR count). The molecule has 144 valence electrons. The van der Waals surface area contributed by atoms with Crippen molar-refractivity contribution in [3.05, 3.63) is 65.5 Å². The summed E-state index contributed by atoms with van der Waals surface area (Å²) in [5.74, 6) is -0.0752. The molecule has 0 radical (unpaired) electrons. The SMILES string of the molecule is CC(C)(C)c1ccc(C(=O)N[C@@H]2CCOC[C@H]2OCc2ccccn2)cc1. The van der Waals surface area contributed by atoms with Gasteiger partial charge in [-0.1, -0.05) is 39.0 Å². The van der Waals surface area contributed by atoms with Gasteiger partial charge < -0.3 is 14.8 Å². The van der Waals surface area contributed by atoms with E-state index < -0.39 is 0 Å². The normalized spacial score (nSPS) is 20.3. The van der Waals surface area contributed by atoms with E-state index in [2.05, 4.69) is 31.1 Å². The average Bonchev–Trinajstić information content (AvgIpc) is 2.67. The van der Waals surface area contributed by atoms with Gasteiger partial charge in [0.15, 0.2) is 0 Å². The number of amides is 1. The molecular formula is C22H28N2O3. The van der Waals surface area contributed by atoms with E-state index in [9.17, 15) is 4.79 Å². The number of ether oxygens (including phenoxy) is 2. The summed E-state index contributed by atoms with van der Waals surface area (Å²) < 4.78 is 11.5. The summed E-state index contributed by atoms with van der Waals surface area (Å²) >= 11 is 0. The van der Waals surface area contributed by atoms with Gasteiger partial charge in [-0.05, 0) is 41.7 Å². The molecule has 2 aromatic rings. The van der Waals surface area contributed by atoms with E-state index in [0.29, 0.717) is 25.4 Å². The highest BCUT2D eigenvalue weighted by molar-refractivity contribution is 5.94. The lowest BCUT2D eigenvalue weighted by Gasteiger charge is -2.32. The van der Waals surface area contributed by atoms with Crippen LogP contribution in [-0.2, 0) is 21.5 Å². The third-order valence-corrected chi connectivity index (χ3v) is 4.81. The number of carbonyl (C=O) groups excluding carboxylic acids is 1. The first-order valence-corrected chi connectivity index (χ1v) is 9.44. The molecular weight excluding hydrogens is 340 g/mol. The molecule has 1 aliphatic heterocycles. The lowest BCUT2D eigenvalue weighted by molar-refractivity contribution is -0.0743. The molecule has 5 nitrogen and oxygen atoms in total. The summed E-state index contributed by atoms with van der Waals surface area (Å²) in [5.41, 5.74) is 2.81. The van der Waals surface area contributed by atoms with E-state index in [-0.39, 0.29) is 23.5 Å². The first-order valence-electron chi connectivity index (χ1n) is 9.44. The van der Waals surface area contributed by atoms with Crippen LogP contribution >= 0.6 is 0 Å². The van der Waals surface area contributed by atoms with Gasteiger partial charge in [0.05, 0.1) is 24.9 Å². The molecule has 1 fully saturated rings. The number of hydrogen-bond donors (Lipinski definition) is 1. The monoisotopic (exact) mass is 368 g/mol. The molecule has 0 aliphatic carbocycles. The summed E-state index contributed by atoms with van der Waals surface area (Å²) in [5, 5.41) is 3.12. The van der Waals surface area contributed by atoms with Gasteiger partial charge in [0, 0.05) is 18.4 Å². The molecule has 1 aliphatic rings. The topological polar surface area (TPSA) is 60.5 Å². The van der Waals surface area contributed by atoms with E-state index in [1.807, 2.05) is 42.5 Å². The summed E-state index contributed by atoms with van der Waals surface area (Å²) in [6.45, 7) is 7.98. The van der Waals surface area contributed by atoms with E-state index in [1.165, 1.54) is 5.56 Å². The first kappa shape index (κ1) is 19.5. The van der Waals surface area contributed by atoms with Crippen molar-refractivity contribution < 1.29 is 14.3 Å². The summed E-state index contributed by atoms with van der Waals surface area (Å²) in [6.07, 6.45) is 2.30. The maximum absolute atomic E-state index is 12.7. The molecule has 1 saturated heterocycles. The van der Waals surface area contributed by atoms with Crippen LogP contribution in [0.15, 0.2) is 48.7 Å². The van der Waals surface area contributed by atoms with Crippen molar-refractivity contribution in [3.63, 3.8) is 0 Å². The Morgan fingerprint density at radius 3 is 2.67 bits per heavy atom. The first-order chi connectivity index (χ1) is 12.9. The standard InChI is InChI=1S/C22H28N2O3/c1-22(2,3)17-9-7-16(8-10-17)21(25)24-19-11-13-26-15-20(19)27-14-18-6-4-5-12-23-18/h4-10,12,19-20H,11,13-15H2,1-3H3,(H,24,25)/t19-,20-/m1/s1. The molecule has 1 amide bonds. The molecule has 2 heterocycles. The van der Waals surface area contributed by atoms with Crippen LogP contribution in [0.4, 0.5) is 0 Å². The van der Waals surface area contributed by atoms with Crippen molar-refractivity contribution in [3.8, 4) is 0 Å². The minimum atomic E-state index is -0.182. The van der Waals surface area contributed by atoms with Gasteiger partial charge in [-0.25, -0.2) is 0 Å². The Bertz CT molecular complexity index is 738. The van der Waals surface area contributed by atoms with E-state index in [0.717, 1.165) is 12.1 Å². The fourth-order valence-corrected chi connectivity index (χ4v) is 3.09. The number of benzene rings is 1. The average molecular weight is 368 g/mol. The van der Waals surface area contributed by atoms with Gasteiger partial charge in [-0.2, -0.15) is 0 Å². The number of aromatic nitrogens is 1. The Labute approximate surface area is 161 Å². The zero-order valence-corrected chi connectivity index (χ0v) is 16.3. The van der Waals surface area contributed by atoms with Gasteiger partial charge >= 0.3 is 0 Å². The number of nitrogens with one attached hydrogen (secondary N) is 1. The van der Waals surface area contributed by atoms with E-state index in [1.54, 1.807) is 6.20 Å². The Morgan fingerprint density at radius 1 is 1.22 bits per heavy atom. The zero-order chi connectivity index (χ0) is 19.3. The third kappa shape index (κ3) is 5.37. The number of nitrogens with zero attached hydrogens (tertiary/aromatic N) is 1. The lowest BCUT2D eigenvalue weighted by atomic mass is 9.86. The van der Waals surface area contributed by atoms with Crippen molar-refractivity contribution >= 4 is 5.91 Å². The van der Waals surface area contributed by atoms with Gasteiger partial charge in [-0.15, -0.1) is 0 Å². The number of rotatable bonds is 5. The second kappa shape index (κ2) is 8.63. The highest BCUT2D eigenvalue weighted by atomic mass is 16.5. The summed E-state index contributed by atoms with van der Waals surface area (Å²) in [6, 6.07) is 13.5. The van der Waals surface area contributed by atoms with Gasteiger partial charge in [0.25, 0.3) is 5.91 Å². The fraction of sp³-hybridized carbons (Fsp3) is 0.455. The van der Waals surface area contributed by atoms with Crippen LogP contribution in [0.3, 0.4) is 0 Å². The molecule has 1 aromatic carbocycles. The minimum absolute atomic E-state index is 0.0696. The number of pyridine rings is 1. The largest absolute Gasteiger partial charge is 0.379 e. The fourth-order valence-electron chi connectivity index (χ4n) is 3.09.